The Morgan fingerprint density at radius 1 is 1.14 bits per heavy atom. The summed E-state index contributed by atoms with van der Waals surface area (Å²) in [4.78, 5) is 11.9. The highest BCUT2D eigenvalue weighted by atomic mass is 16.5. The van der Waals surface area contributed by atoms with Crippen molar-refractivity contribution >= 4 is 5.91 Å². The number of nitrogens with two attached hydrogens (primary N) is 1. The van der Waals surface area contributed by atoms with Crippen molar-refractivity contribution in [3.05, 3.63) is 53.6 Å². The van der Waals surface area contributed by atoms with Crippen molar-refractivity contribution in [1.29, 1.82) is 0 Å². The van der Waals surface area contributed by atoms with Gasteiger partial charge in [0.25, 0.3) is 0 Å². The molecule has 108 valence electrons. The van der Waals surface area contributed by atoms with E-state index in [0.717, 1.165) is 11.1 Å². The molecule has 1 atom stereocenters. The Labute approximate surface area is 123 Å². The summed E-state index contributed by atoms with van der Waals surface area (Å²) in [6.45, 7) is 3.66. The largest absolute Gasteiger partial charge is 0.508 e. The number of amides is 1. The molecule has 2 aromatic carbocycles. The average molecular weight is 283 g/mol. The highest BCUT2D eigenvalue weighted by Gasteiger charge is 2.42. The van der Waals surface area contributed by atoms with Gasteiger partial charge in [-0.05, 0) is 12.1 Å². The molecule has 0 saturated heterocycles. The van der Waals surface area contributed by atoms with Crippen LogP contribution in [0.15, 0.2) is 42.5 Å². The molecule has 4 heteroatoms. The van der Waals surface area contributed by atoms with E-state index in [2.05, 4.69) is 0 Å². The van der Waals surface area contributed by atoms with E-state index >= 15 is 0 Å². The molecule has 0 aromatic heterocycles. The van der Waals surface area contributed by atoms with Gasteiger partial charge >= 0.3 is 0 Å². The van der Waals surface area contributed by atoms with Crippen molar-refractivity contribution in [2.45, 2.75) is 19.8 Å². The molecule has 3 N–H and O–H groups in total. The predicted octanol–water partition coefficient (Wildman–Crippen LogP) is 3.14. The van der Waals surface area contributed by atoms with Gasteiger partial charge in [-0.25, -0.2) is 0 Å². The lowest BCUT2D eigenvalue weighted by molar-refractivity contribution is -0.126. The Morgan fingerprint density at radius 2 is 1.81 bits per heavy atom. The molecular formula is C17H17NO3. The SMILES string of the molecule is CC(C)(C(N)=O)[C@@H]1c2ccccc2Oc2cc(O)ccc21. The Balaban J connectivity index is 2.26. The number of carbonyl (C=O) groups excluding carboxylic acids is 1. The first-order valence-corrected chi connectivity index (χ1v) is 6.81. The van der Waals surface area contributed by atoms with Crippen LogP contribution < -0.4 is 10.5 Å². The van der Waals surface area contributed by atoms with Crippen LogP contribution in [0.25, 0.3) is 0 Å². The number of ether oxygens (including phenoxy) is 1. The number of benzene rings is 2. The van der Waals surface area contributed by atoms with Crippen molar-refractivity contribution in [3.8, 4) is 17.2 Å². The maximum atomic E-state index is 11.9. The summed E-state index contributed by atoms with van der Waals surface area (Å²) in [5.74, 6) is 0.797. The van der Waals surface area contributed by atoms with Crippen molar-refractivity contribution < 1.29 is 14.6 Å². The number of aromatic hydroxyl groups is 1. The van der Waals surface area contributed by atoms with Crippen LogP contribution in [0.5, 0.6) is 17.2 Å². The lowest BCUT2D eigenvalue weighted by atomic mass is 9.69. The number of primary amides is 1. The van der Waals surface area contributed by atoms with Crippen LogP contribution in [-0.4, -0.2) is 11.0 Å². The van der Waals surface area contributed by atoms with Gasteiger partial charge < -0.3 is 15.6 Å². The number of rotatable bonds is 2. The zero-order valence-corrected chi connectivity index (χ0v) is 12.0. The Morgan fingerprint density at radius 3 is 2.52 bits per heavy atom. The zero-order chi connectivity index (χ0) is 15.2. The van der Waals surface area contributed by atoms with Gasteiger partial charge in [-0.15, -0.1) is 0 Å². The van der Waals surface area contributed by atoms with Crippen molar-refractivity contribution in [1.82, 2.24) is 0 Å². The van der Waals surface area contributed by atoms with E-state index < -0.39 is 5.41 Å². The Kier molecular flexibility index (Phi) is 2.90. The second-order valence-corrected chi connectivity index (χ2v) is 5.88. The standard InChI is InChI=1S/C17H17NO3/c1-17(2,16(18)20)15-11-5-3-4-6-13(11)21-14-9-10(19)7-8-12(14)15/h3-9,15,19H,1-2H3,(H2,18,20)/t15-/m1/s1. The molecule has 0 fully saturated rings. The third-order valence-corrected chi connectivity index (χ3v) is 4.11. The number of hydrogen-bond acceptors (Lipinski definition) is 3. The molecule has 1 aliphatic rings. The molecule has 0 spiro atoms. The molecule has 1 amide bonds. The number of carbonyl (C=O) groups is 1. The van der Waals surface area contributed by atoms with Crippen LogP contribution in [-0.2, 0) is 4.79 Å². The third-order valence-electron chi connectivity index (χ3n) is 4.11. The van der Waals surface area contributed by atoms with E-state index in [9.17, 15) is 9.90 Å². The fourth-order valence-corrected chi connectivity index (χ4v) is 2.87. The summed E-state index contributed by atoms with van der Waals surface area (Å²) in [5, 5.41) is 9.66. The van der Waals surface area contributed by atoms with Crippen molar-refractivity contribution in [3.63, 3.8) is 0 Å². The summed E-state index contributed by atoms with van der Waals surface area (Å²) >= 11 is 0. The lowest BCUT2D eigenvalue weighted by Gasteiger charge is -2.37. The van der Waals surface area contributed by atoms with Crippen LogP contribution >= 0.6 is 0 Å². The maximum Gasteiger partial charge on any atom is 0.224 e. The number of phenols is 1. The van der Waals surface area contributed by atoms with E-state index in [1.165, 1.54) is 0 Å². The lowest BCUT2D eigenvalue weighted by Crippen LogP contribution is -2.38. The van der Waals surface area contributed by atoms with Crippen LogP contribution in [0.2, 0.25) is 0 Å². The monoisotopic (exact) mass is 283 g/mol. The first kappa shape index (κ1) is 13.5. The number of para-hydroxylation sites is 1. The van der Waals surface area contributed by atoms with Gasteiger partial charge in [-0.2, -0.15) is 0 Å². The minimum absolute atomic E-state index is 0.128. The van der Waals surface area contributed by atoms with Crippen molar-refractivity contribution in [2.24, 2.45) is 11.1 Å². The topological polar surface area (TPSA) is 72.6 Å². The van der Waals surface area contributed by atoms with Gasteiger partial charge in [0, 0.05) is 23.1 Å². The van der Waals surface area contributed by atoms with E-state index in [4.69, 9.17) is 10.5 Å². The molecule has 1 heterocycles. The molecule has 0 bridgehead atoms. The molecule has 21 heavy (non-hydrogen) atoms. The van der Waals surface area contributed by atoms with Gasteiger partial charge in [0.1, 0.15) is 17.2 Å². The smallest absolute Gasteiger partial charge is 0.224 e. The molecule has 4 nitrogen and oxygen atoms in total. The van der Waals surface area contributed by atoms with Crippen molar-refractivity contribution in [2.75, 3.05) is 0 Å². The maximum absolute atomic E-state index is 11.9. The molecule has 0 unspecified atom stereocenters. The molecule has 0 saturated carbocycles. The van der Waals surface area contributed by atoms with E-state index in [0.29, 0.717) is 11.5 Å². The fourth-order valence-electron chi connectivity index (χ4n) is 2.87. The van der Waals surface area contributed by atoms with Crippen LogP contribution in [0, 0.1) is 5.41 Å². The number of fused-ring (bicyclic) bond motifs is 2. The zero-order valence-electron chi connectivity index (χ0n) is 12.0. The first-order valence-electron chi connectivity index (χ1n) is 6.81. The third kappa shape index (κ3) is 2.03. The molecular weight excluding hydrogens is 266 g/mol. The molecule has 1 aliphatic heterocycles. The summed E-state index contributed by atoms with van der Waals surface area (Å²) in [5.41, 5.74) is 6.63. The van der Waals surface area contributed by atoms with E-state index in [1.807, 2.05) is 38.1 Å². The molecule has 2 aromatic rings. The minimum atomic E-state index is -0.772. The molecule has 3 rings (SSSR count). The summed E-state index contributed by atoms with van der Waals surface area (Å²) < 4.78 is 5.85. The van der Waals surface area contributed by atoms with Gasteiger partial charge in [-0.3, -0.25) is 4.79 Å². The fraction of sp³-hybridized carbons (Fsp3) is 0.235. The van der Waals surface area contributed by atoms with Gasteiger partial charge in [0.15, 0.2) is 0 Å². The summed E-state index contributed by atoms with van der Waals surface area (Å²) in [6, 6.07) is 12.5. The van der Waals surface area contributed by atoms with Crippen LogP contribution in [0.1, 0.15) is 30.9 Å². The number of hydrogen-bond donors (Lipinski definition) is 2. The molecule has 0 radical (unpaired) electrons. The minimum Gasteiger partial charge on any atom is -0.508 e. The van der Waals surface area contributed by atoms with Crippen LogP contribution in [0.3, 0.4) is 0 Å². The van der Waals surface area contributed by atoms with Gasteiger partial charge in [-0.1, -0.05) is 38.1 Å². The second-order valence-electron chi connectivity index (χ2n) is 5.88. The normalized spacial score (nSPS) is 16.6. The highest BCUT2D eigenvalue weighted by molar-refractivity contribution is 5.83. The van der Waals surface area contributed by atoms with Gasteiger partial charge in [0.05, 0.1) is 5.41 Å². The Bertz CT molecular complexity index is 722. The average Bonchev–Trinajstić information content (AvgIpc) is 2.44. The second kappa shape index (κ2) is 4.52. The van der Waals surface area contributed by atoms with Gasteiger partial charge in [0.2, 0.25) is 5.91 Å². The van der Waals surface area contributed by atoms with Crippen LogP contribution in [0.4, 0.5) is 0 Å². The van der Waals surface area contributed by atoms with E-state index in [-0.39, 0.29) is 17.6 Å². The first-order chi connectivity index (χ1) is 9.91. The quantitative estimate of drug-likeness (QED) is 0.889. The predicted molar refractivity (Wildman–Crippen MR) is 79.4 cm³/mol. The Hall–Kier alpha value is -2.49. The summed E-state index contributed by atoms with van der Waals surface area (Å²) in [6.07, 6.45) is 0. The van der Waals surface area contributed by atoms with E-state index in [1.54, 1.807) is 18.2 Å². The molecule has 0 aliphatic carbocycles. The number of phenolic OH excluding ortho intramolecular Hbond substituents is 1. The summed E-state index contributed by atoms with van der Waals surface area (Å²) in [7, 11) is 0. The highest BCUT2D eigenvalue weighted by Crippen LogP contribution is 2.52.